The van der Waals surface area contributed by atoms with Crippen molar-refractivity contribution in [2.24, 2.45) is 0 Å². The number of aldehydes is 1. The number of ether oxygens (including phenoxy) is 2. The second-order valence-electron chi connectivity index (χ2n) is 4.39. The second-order valence-corrected chi connectivity index (χ2v) is 4.39. The predicted octanol–water partition coefficient (Wildman–Crippen LogP) is 1.21. The molecule has 0 atom stereocenters. The highest BCUT2D eigenvalue weighted by Gasteiger charge is 2.29. The Hall–Kier alpha value is -2.37. The Balaban J connectivity index is 2.53. The van der Waals surface area contributed by atoms with Gasteiger partial charge in [0.1, 0.15) is 12.1 Å². The van der Waals surface area contributed by atoms with Gasteiger partial charge in [0.05, 0.1) is 18.8 Å². The lowest BCUT2D eigenvalue weighted by molar-refractivity contribution is -0.124. The highest BCUT2D eigenvalue weighted by Crippen LogP contribution is 2.41. The van der Waals surface area contributed by atoms with E-state index >= 15 is 0 Å². The number of hydrogen-bond donors (Lipinski definition) is 0. The van der Waals surface area contributed by atoms with Crippen molar-refractivity contribution in [2.75, 3.05) is 24.7 Å². The van der Waals surface area contributed by atoms with E-state index in [0.29, 0.717) is 35.6 Å². The Morgan fingerprint density at radius 3 is 2.85 bits per heavy atom. The number of anilines is 1. The topological polar surface area (TPSA) is 72.9 Å². The summed E-state index contributed by atoms with van der Waals surface area (Å²) in [4.78, 5) is 35.5. The quantitative estimate of drug-likeness (QED) is 0.756. The summed E-state index contributed by atoms with van der Waals surface area (Å²) in [6.45, 7) is 3.40. The second kappa shape index (κ2) is 5.73. The largest absolute Gasteiger partial charge is 0.490 e. The zero-order valence-corrected chi connectivity index (χ0v) is 11.3. The van der Waals surface area contributed by atoms with Gasteiger partial charge in [-0.15, -0.1) is 0 Å². The molecule has 0 saturated carbocycles. The van der Waals surface area contributed by atoms with Gasteiger partial charge in [0, 0.05) is 5.56 Å². The number of Topliss-reactive ketones (excluding diaryl/α,β-unsaturated/α-hetero) is 1. The molecule has 0 bridgehead atoms. The summed E-state index contributed by atoms with van der Waals surface area (Å²) < 4.78 is 10.8. The average molecular weight is 277 g/mol. The number of benzene rings is 1. The predicted molar refractivity (Wildman–Crippen MR) is 71.5 cm³/mol. The Morgan fingerprint density at radius 1 is 1.50 bits per heavy atom. The highest BCUT2D eigenvalue weighted by molar-refractivity contribution is 6.03. The summed E-state index contributed by atoms with van der Waals surface area (Å²) in [6, 6.07) is 3.07. The highest BCUT2D eigenvalue weighted by atomic mass is 16.5. The molecule has 0 unspecified atom stereocenters. The standard InChI is InChI=1S/C14H15NO5/c1-3-19-12-5-10(7-16)4-11-14(12)20-8-13(18)15(11)6-9(2)17/h4-5,7H,3,6,8H2,1-2H3. The molecule has 1 aromatic rings. The molecule has 0 N–H and O–H groups in total. The molecule has 106 valence electrons. The number of rotatable bonds is 5. The van der Waals surface area contributed by atoms with Crippen LogP contribution in [0, 0.1) is 0 Å². The third-order valence-corrected chi connectivity index (χ3v) is 2.81. The number of carbonyl (C=O) groups is 3. The molecular weight excluding hydrogens is 262 g/mol. The molecule has 1 aromatic carbocycles. The lowest BCUT2D eigenvalue weighted by Crippen LogP contribution is -2.41. The minimum absolute atomic E-state index is 0.0525. The molecule has 1 aliphatic rings. The molecule has 6 heteroatoms. The SMILES string of the molecule is CCOc1cc(C=O)cc2c1OCC(=O)N2CC(C)=O. The molecule has 0 aromatic heterocycles. The van der Waals surface area contributed by atoms with Gasteiger partial charge < -0.3 is 9.47 Å². The first-order valence-electron chi connectivity index (χ1n) is 6.25. The van der Waals surface area contributed by atoms with Crippen molar-refractivity contribution in [1.82, 2.24) is 0 Å². The van der Waals surface area contributed by atoms with Crippen molar-refractivity contribution in [3.8, 4) is 11.5 Å². The van der Waals surface area contributed by atoms with E-state index in [1.165, 1.54) is 17.9 Å². The van der Waals surface area contributed by atoms with Crippen LogP contribution in [0.3, 0.4) is 0 Å². The molecule has 0 aliphatic carbocycles. The first-order chi connectivity index (χ1) is 9.56. The summed E-state index contributed by atoms with van der Waals surface area (Å²) in [7, 11) is 0. The summed E-state index contributed by atoms with van der Waals surface area (Å²) in [5, 5.41) is 0. The zero-order valence-electron chi connectivity index (χ0n) is 11.3. The fourth-order valence-electron chi connectivity index (χ4n) is 2.03. The monoisotopic (exact) mass is 277 g/mol. The minimum Gasteiger partial charge on any atom is -0.490 e. The lowest BCUT2D eigenvalue weighted by Gasteiger charge is -2.30. The fraction of sp³-hybridized carbons (Fsp3) is 0.357. The smallest absolute Gasteiger partial charge is 0.265 e. The van der Waals surface area contributed by atoms with Crippen molar-refractivity contribution in [3.05, 3.63) is 17.7 Å². The van der Waals surface area contributed by atoms with Crippen LogP contribution >= 0.6 is 0 Å². The number of fused-ring (bicyclic) bond motifs is 1. The first kappa shape index (κ1) is 14.0. The van der Waals surface area contributed by atoms with Gasteiger partial charge in [-0.25, -0.2) is 0 Å². The summed E-state index contributed by atoms with van der Waals surface area (Å²) in [5.74, 6) is 0.310. The van der Waals surface area contributed by atoms with Crippen molar-refractivity contribution in [2.45, 2.75) is 13.8 Å². The molecule has 1 amide bonds. The molecule has 2 rings (SSSR count). The molecule has 0 fully saturated rings. The number of carbonyl (C=O) groups excluding carboxylic acids is 3. The Bertz CT molecular complexity index is 567. The lowest BCUT2D eigenvalue weighted by atomic mass is 10.1. The van der Waals surface area contributed by atoms with Crippen molar-refractivity contribution in [3.63, 3.8) is 0 Å². The molecule has 0 radical (unpaired) electrons. The van der Waals surface area contributed by atoms with Gasteiger partial charge in [-0.1, -0.05) is 0 Å². The van der Waals surface area contributed by atoms with Crippen LogP contribution < -0.4 is 14.4 Å². The molecule has 0 saturated heterocycles. The molecule has 0 spiro atoms. The van der Waals surface area contributed by atoms with E-state index in [1.807, 2.05) is 0 Å². The van der Waals surface area contributed by atoms with Crippen LogP contribution in [0.2, 0.25) is 0 Å². The summed E-state index contributed by atoms with van der Waals surface area (Å²) in [5.41, 5.74) is 0.753. The van der Waals surface area contributed by atoms with E-state index < -0.39 is 0 Å². The van der Waals surface area contributed by atoms with Gasteiger partial charge in [0.2, 0.25) is 0 Å². The number of hydrogen-bond acceptors (Lipinski definition) is 5. The van der Waals surface area contributed by atoms with E-state index in [2.05, 4.69) is 0 Å². The van der Waals surface area contributed by atoms with E-state index in [1.54, 1.807) is 13.0 Å². The maximum absolute atomic E-state index is 11.9. The van der Waals surface area contributed by atoms with E-state index in [4.69, 9.17) is 9.47 Å². The molecule has 20 heavy (non-hydrogen) atoms. The van der Waals surface area contributed by atoms with Crippen LogP contribution in [0.1, 0.15) is 24.2 Å². The molecule has 6 nitrogen and oxygen atoms in total. The zero-order chi connectivity index (χ0) is 14.7. The Labute approximate surface area is 116 Å². The molecule has 1 aliphatic heterocycles. The van der Waals surface area contributed by atoms with Crippen molar-refractivity contribution < 1.29 is 23.9 Å². The summed E-state index contributed by atoms with van der Waals surface area (Å²) >= 11 is 0. The van der Waals surface area contributed by atoms with Gasteiger partial charge in [-0.3, -0.25) is 19.3 Å². The summed E-state index contributed by atoms with van der Waals surface area (Å²) in [6.07, 6.45) is 0.661. The van der Waals surface area contributed by atoms with Crippen molar-refractivity contribution in [1.29, 1.82) is 0 Å². The van der Waals surface area contributed by atoms with Gasteiger partial charge in [0.15, 0.2) is 18.1 Å². The third kappa shape index (κ3) is 2.64. The van der Waals surface area contributed by atoms with Crippen LogP contribution in [0.15, 0.2) is 12.1 Å². The molecule has 1 heterocycles. The van der Waals surface area contributed by atoms with Gasteiger partial charge in [-0.05, 0) is 26.0 Å². The van der Waals surface area contributed by atoms with E-state index in [9.17, 15) is 14.4 Å². The van der Waals surface area contributed by atoms with Gasteiger partial charge in [-0.2, -0.15) is 0 Å². The first-order valence-corrected chi connectivity index (χ1v) is 6.25. The van der Waals surface area contributed by atoms with Crippen LogP contribution in [-0.2, 0) is 9.59 Å². The Morgan fingerprint density at radius 2 is 2.25 bits per heavy atom. The van der Waals surface area contributed by atoms with Crippen LogP contribution in [-0.4, -0.2) is 37.7 Å². The minimum atomic E-state index is -0.321. The third-order valence-electron chi connectivity index (χ3n) is 2.81. The molecular formula is C14H15NO5. The van der Waals surface area contributed by atoms with Crippen LogP contribution in [0.5, 0.6) is 11.5 Å². The fourth-order valence-corrected chi connectivity index (χ4v) is 2.03. The Kier molecular flexibility index (Phi) is 4.02. The van der Waals surface area contributed by atoms with E-state index in [0.717, 1.165) is 0 Å². The van der Waals surface area contributed by atoms with Gasteiger partial charge in [0.25, 0.3) is 5.91 Å². The number of ketones is 1. The van der Waals surface area contributed by atoms with E-state index in [-0.39, 0.29) is 24.8 Å². The van der Waals surface area contributed by atoms with Gasteiger partial charge >= 0.3 is 0 Å². The maximum Gasteiger partial charge on any atom is 0.265 e. The number of amides is 1. The number of nitrogens with zero attached hydrogens (tertiary/aromatic N) is 1. The van der Waals surface area contributed by atoms with Crippen LogP contribution in [0.4, 0.5) is 5.69 Å². The van der Waals surface area contributed by atoms with Crippen LogP contribution in [0.25, 0.3) is 0 Å². The van der Waals surface area contributed by atoms with Crippen molar-refractivity contribution >= 4 is 23.7 Å². The average Bonchev–Trinajstić information content (AvgIpc) is 2.41. The maximum atomic E-state index is 11.9. The normalized spacial score (nSPS) is 13.5.